The molecule has 0 aliphatic rings. The molecule has 3 rings (SSSR count). The van der Waals surface area contributed by atoms with E-state index >= 15 is 0 Å². The standard InChI is InChI=1S/C18H23ClN6OS2/c1-9(2)6-12(8-26)22-15-14-16(23-17(20)28-14)25-18(24-15)27-10(3)13-5-4-11(19)7-21-13/h4-5,7,9-10,12,26H,6,8H2,1-3H3,(H3,20,22,23,24,25)/t10?,12-/m1/s1. The number of nitrogen functional groups attached to an aromatic ring is 1. The lowest BCUT2D eigenvalue weighted by Crippen LogP contribution is -2.26. The van der Waals surface area contributed by atoms with E-state index in [9.17, 15) is 5.11 Å². The maximum absolute atomic E-state index is 9.73. The van der Waals surface area contributed by atoms with E-state index in [1.807, 2.05) is 19.1 Å². The molecule has 150 valence electrons. The average molecular weight is 439 g/mol. The van der Waals surface area contributed by atoms with Crippen molar-refractivity contribution in [1.82, 2.24) is 19.9 Å². The first-order valence-electron chi connectivity index (χ1n) is 8.95. The Bertz CT molecular complexity index is 934. The molecular formula is C18H23ClN6OS2. The van der Waals surface area contributed by atoms with Gasteiger partial charge in [-0.2, -0.15) is 0 Å². The Morgan fingerprint density at radius 1 is 1.25 bits per heavy atom. The fraction of sp³-hybridized carbons (Fsp3) is 0.444. The van der Waals surface area contributed by atoms with E-state index < -0.39 is 0 Å². The second kappa shape index (κ2) is 9.21. The third-order valence-electron chi connectivity index (χ3n) is 4.02. The lowest BCUT2D eigenvalue weighted by molar-refractivity contribution is 0.259. The van der Waals surface area contributed by atoms with Crippen LogP contribution in [0, 0.1) is 5.92 Å². The third-order valence-corrected chi connectivity index (χ3v) is 6.11. The molecule has 0 aliphatic heterocycles. The van der Waals surface area contributed by atoms with E-state index in [0.717, 1.165) is 16.8 Å². The minimum atomic E-state index is -0.102. The SMILES string of the molecule is CC(C)C[C@H](CO)Nc1nc(SC(C)c2ccc(Cl)cn2)nc2nc(N)sc12. The van der Waals surface area contributed by atoms with Crippen LogP contribution in [0.2, 0.25) is 5.02 Å². The number of nitrogens with one attached hydrogen (secondary N) is 1. The van der Waals surface area contributed by atoms with Crippen molar-refractivity contribution in [3.05, 3.63) is 29.0 Å². The number of halogens is 1. The molecule has 3 aromatic rings. The highest BCUT2D eigenvalue weighted by atomic mass is 35.5. The van der Waals surface area contributed by atoms with Crippen LogP contribution >= 0.6 is 34.7 Å². The van der Waals surface area contributed by atoms with Crippen LogP contribution < -0.4 is 11.1 Å². The minimum absolute atomic E-state index is 0.0194. The molecule has 7 nitrogen and oxygen atoms in total. The Morgan fingerprint density at radius 3 is 2.68 bits per heavy atom. The van der Waals surface area contributed by atoms with Gasteiger partial charge in [0, 0.05) is 6.20 Å². The molecule has 3 heterocycles. The maximum atomic E-state index is 9.73. The number of anilines is 2. The molecule has 0 bridgehead atoms. The molecule has 0 fully saturated rings. The van der Waals surface area contributed by atoms with Gasteiger partial charge in [0.15, 0.2) is 21.8 Å². The van der Waals surface area contributed by atoms with Gasteiger partial charge >= 0.3 is 0 Å². The summed E-state index contributed by atoms with van der Waals surface area (Å²) >= 11 is 8.74. The van der Waals surface area contributed by atoms with Crippen LogP contribution in [-0.4, -0.2) is 37.7 Å². The predicted octanol–water partition coefficient (Wildman–Crippen LogP) is 4.39. The molecule has 10 heteroatoms. The molecule has 28 heavy (non-hydrogen) atoms. The van der Waals surface area contributed by atoms with Crippen LogP contribution in [-0.2, 0) is 0 Å². The molecule has 0 aromatic carbocycles. The molecule has 0 amide bonds. The summed E-state index contributed by atoms with van der Waals surface area (Å²) in [6.45, 7) is 6.29. The Labute approximate surface area is 177 Å². The highest BCUT2D eigenvalue weighted by molar-refractivity contribution is 7.99. The van der Waals surface area contributed by atoms with E-state index in [2.05, 4.69) is 39.1 Å². The molecule has 0 saturated heterocycles. The zero-order chi connectivity index (χ0) is 20.3. The molecule has 0 spiro atoms. The second-order valence-corrected chi connectivity index (χ2v) is 9.65. The first-order valence-corrected chi connectivity index (χ1v) is 11.0. The van der Waals surface area contributed by atoms with Gasteiger partial charge in [-0.25, -0.2) is 15.0 Å². The number of nitrogens with two attached hydrogens (primary N) is 1. The van der Waals surface area contributed by atoms with Crippen molar-refractivity contribution < 1.29 is 5.11 Å². The summed E-state index contributed by atoms with van der Waals surface area (Å²) in [6.07, 6.45) is 2.45. The molecule has 2 atom stereocenters. The number of thiazole rings is 1. The fourth-order valence-electron chi connectivity index (χ4n) is 2.76. The van der Waals surface area contributed by atoms with E-state index in [1.54, 1.807) is 6.20 Å². The number of thioether (sulfide) groups is 1. The van der Waals surface area contributed by atoms with Crippen LogP contribution in [0.5, 0.6) is 0 Å². The number of pyridine rings is 1. The average Bonchev–Trinajstić information content (AvgIpc) is 3.01. The molecule has 1 unspecified atom stereocenters. The zero-order valence-electron chi connectivity index (χ0n) is 15.9. The number of nitrogens with zero attached hydrogens (tertiary/aromatic N) is 4. The molecule has 0 radical (unpaired) electrons. The van der Waals surface area contributed by atoms with Gasteiger partial charge in [-0.05, 0) is 31.4 Å². The van der Waals surface area contributed by atoms with Gasteiger partial charge in [0.25, 0.3) is 0 Å². The van der Waals surface area contributed by atoms with E-state index in [4.69, 9.17) is 17.3 Å². The largest absolute Gasteiger partial charge is 0.394 e. The van der Waals surface area contributed by atoms with Gasteiger partial charge in [-0.3, -0.25) is 4.98 Å². The number of hydrogen-bond donors (Lipinski definition) is 3. The van der Waals surface area contributed by atoms with Crippen LogP contribution in [0.4, 0.5) is 10.9 Å². The topological polar surface area (TPSA) is 110 Å². The highest BCUT2D eigenvalue weighted by Crippen LogP contribution is 2.36. The summed E-state index contributed by atoms with van der Waals surface area (Å²) in [5.74, 6) is 1.09. The van der Waals surface area contributed by atoms with Gasteiger partial charge in [0.05, 0.1) is 28.6 Å². The monoisotopic (exact) mass is 438 g/mol. The Kier molecular flexibility index (Phi) is 6.92. The van der Waals surface area contributed by atoms with E-state index in [-0.39, 0.29) is 17.9 Å². The molecule has 3 aromatic heterocycles. The second-order valence-electron chi connectivity index (χ2n) is 6.87. The first kappa shape index (κ1) is 21.0. The van der Waals surface area contributed by atoms with E-state index in [1.165, 1.54) is 23.1 Å². The van der Waals surface area contributed by atoms with Crippen molar-refractivity contribution in [2.75, 3.05) is 17.7 Å². The minimum Gasteiger partial charge on any atom is -0.394 e. The smallest absolute Gasteiger partial charge is 0.192 e. The number of fused-ring (bicyclic) bond motifs is 1. The van der Waals surface area contributed by atoms with Crippen LogP contribution in [0.15, 0.2) is 23.5 Å². The van der Waals surface area contributed by atoms with Crippen molar-refractivity contribution in [3.8, 4) is 0 Å². The van der Waals surface area contributed by atoms with Crippen LogP contribution in [0.1, 0.15) is 38.1 Å². The Morgan fingerprint density at radius 2 is 2.04 bits per heavy atom. The lowest BCUT2D eigenvalue weighted by Gasteiger charge is -2.19. The van der Waals surface area contributed by atoms with Gasteiger partial charge in [0.2, 0.25) is 0 Å². The van der Waals surface area contributed by atoms with E-state index in [0.29, 0.717) is 32.7 Å². The Balaban J connectivity index is 1.89. The van der Waals surface area contributed by atoms with Crippen LogP contribution in [0.25, 0.3) is 10.3 Å². The Hall–Kier alpha value is -1.68. The van der Waals surface area contributed by atoms with Crippen LogP contribution in [0.3, 0.4) is 0 Å². The van der Waals surface area contributed by atoms with Crippen molar-refractivity contribution in [2.24, 2.45) is 5.92 Å². The number of rotatable bonds is 8. The number of aliphatic hydroxyl groups excluding tert-OH is 1. The quantitative estimate of drug-likeness (QED) is 0.351. The molecule has 0 saturated carbocycles. The molecule has 4 N–H and O–H groups in total. The van der Waals surface area contributed by atoms with Crippen molar-refractivity contribution in [2.45, 2.75) is 43.6 Å². The summed E-state index contributed by atoms with van der Waals surface area (Å²) in [6, 6.07) is 3.61. The normalized spacial score (nSPS) is 13.8. The fourth-order valence-corrected chi connectivity index (χ4v) is 4.45. The lowest BCUT2D eigenvalue weighted by atomic mass is 10.0. The first-order chi connectivity index (χ1) is 13.4. The van der Waals surface area contributed by atoms with Crippen molar-refractivity contribution >= 4 is 56.0 Å². The highest BCUT2D eigenvalue weighted by Gasteiger charge is 2.19. The van der Waals surface area contributed by atoms with Gasteiger partial charge in [-0.15, -0.1) is 0 Å². The summed E-state index contributed by atoms with van der Waals surface area (Å²) in [7, 11) is 0. The summed E-state index contributed by atoms with van der Waals surface area (Å²) in [5.41, 5.74) is 7.34. The number of aromatic nitrogens is 4. The summed E-state index contributed by atoms with van der Waals surface area (Å²) in [4.78, 5) is 17.9. The van der Waals surface area contributed by atoms with Gasteiger partial charge in [-0.1, -0.05) is 48.5 Å². The predicted molar refractivity (Wildman–Crippen MR) is 117 cm³/mol. The van der Waals surface area contributed by atoms with Gasteiger partial charge < -0.3 is 16.2 Å². The van der Waals surface area contributed by atoms with Gasteiger partial charge in [0.1, 0.15) is 4.70 Å². The maximum Gasteiger partial charge on any atom is 0.192 e. The zero-order valence-corrected chi connectivity index (χ0v) is 18.3. The molecule has 0 aliphatic carbocycles. The molecular weight excluding hydrogens is 416 g/mol. The van der Waals surface area contributed by atoms with Crippen molar-refractivity contribution in [1.29, 1.82) is 0 Å². The number of aliphatic hydroxyl groups is 1. The van der Waals surface area contributed by atoms with Crippen molar-refractivity contribution in [3.63, 3.8) is 0 Å². The number of hydrogen-bond acceptors (Lipinski definition) is 9. The summed E-state index contributed by atoms with van der Waals surface area (Å²) < 4.78 is 0.793. The third kappa shape index (κ3) is 5.22. The summed E-state index contributed by atoms with van der Waals surface area (Å²) in [5, 5.41) is 14.7.